The Morgan fingerprint density at radius 2 is 2.00 bits per heavy atom. The molecule has 0 amide bonds. The zero-order chi connectivity index (χ0) is 9.84. The van der Waals surface area contributed by atoms with E-state index >= 15 is 0 Å². The van der Waals surface area contributed by atoms with Crippen molar-refractivity contribution in [2.45, 2.75) is 0 Å². The van der Waals surface area contributed by atoms with Gasteiger partial charge in [-0.2, -0.15) is 5.26 Å². The van der Waals surface area contributed by atoms with E-state index in [1.807, 2.05) is 0 Å². The smallest absolute Gasteiger partial charge is 0.182 e. The maximum absolute atomic E-state index is 12.8. The van der Waals surface area contributed by atoms with Crippen LogP contribution in [0.2, 0.25) is 0 Å². The van der Waals surface area contributed by atoms with Gasteiger partial charge in [0.2, 0.25) is 0 Å². The molecule has 0 bridgehead atoms. The van der Waals surface area contributed by atoms with E-state index in [1.165, 1.54) is 0 Å². The molecule has 0 heterocycles. The zero-order valence-corrected chi connectivity index (χ0v) is 6.44. The van der Waals surface area contributed by atoms with Crippen molar-refractivity contribution in [3.05, 3.63) is 29.6 Å². The monoisotopic (exact) mass is 186 g/mol. The van der Waals surface area contributed by atoms with E-state index in [0.717, 1.165) is 6.07 Å². The van der Waals surface area contributed by atoms with Gasteiger partial charge in [0.1, 0.15) is 12.4 Å². The van der Waals surface area contributed by atoms with Gasteiger partial charge in [-0.25, -0.2) is 13.2 Å². The SMILES string of the molecule is N#CCNc1cc(F)cc(F)c1F. The average molecular weight is 186 g/mol. The molecule has 0 aromatic heterocycles. The van der Waals surface area contributed by atoms with Crippen molar-refractivity contribution in [1.82, 2.24) is 0 Å². The maximum atomic E-state index is 12.8. The highest BCUT2D eigenvalue weighted by Crippen LogP contribution is 2.18. The topological polar surface area (TPSA) is 35.8 Å². The summed E-state index contributed by atoms with van der Waals surface area (Å²) in [7, 11) is 0. The normalized spacial score (nSPS) is 9.38. The summed E-state index contributed by atoms with van der Waals surface area (Å²) >= 11 is 0. The fourth-order valence-corrected chi connectivity index (χ4v) is 0.819. The minimum Gasteiger partial charge on any atom is -0.370 e. The van der Waals surface area contributed by atoms with Crippen molar-refractivity contribution < 1.29 is 13.2 Å². The van der Waals surface area contributed by atoms with Crippen molar-refractivity contribution in [3.63, 3.8) is 0 Å². The molecule has 0 spiro atoms. The molecular formula is C8H5F3N2. The number of nitriles is 1. The summed E-state index contributed by atoms with van der Waals surface area (Å²) in [4.78, 5) is 0. The molecule has 0 atom stereocenters. The van der Waals surface area contributed by atoms with Crippen LogP contribution in [0.1, 0.15) is 0 Å². The van der Waals surface area contributed by atoms with Gasteiger partial charge < -0.3 is 5.32 Å². The molecule has 1 aromatic carbocycles. The van der Waals surface area contributed by atoms with Crippen molar-refractivity contribution in [2.75, 3.05) is 11.9 Å². The van der Waals surface area contributed by atoms with Gasteiger partial charge in [-0.1, -0.05) is 0 Å². The van der Waals surface area contributed by atoms with Crippen molar-refractivity contribution >= 4 is 5.69 Å². The van der Waals surface area contributed by atoms with Crippen LogP contribution in [0, 0.1) is 28.8 Å². The predicted molar refractivity (Wildman–Crippen MR) is 40.4 cm³/mol. The zero-order valence-electron chi connectivity index (χ0n) is 6.44. The molecule has 68 valence electrons. The Bertz CT molecular complexity index is 357. The van der Waals surface area contributed by atoms with Crippen LogP contribution in [0.15, 0.2) is 12.1 Å². The molecule has 0 fully saturated rings. The highest BCUT2D eigenvalue weighted by Gasteiger charge is 2.09. The third-order valence-corrected chi connectivity index (χ3v) is 1.35. The molecule has 0 unspecified atom stereocenters. The minimum atomic E-state index is -1.28. The van der Waals surface area contributed by atoms with E-state index < -0.39 is 17.5 Å². The summed E-state index contributed by atoms with van der Waals surface area (Å²) in [6, 6.07) is 2.88. The first-order chi connectivity index (χ1) is 6.15. The predicted octanol–water partition coefficient (Wildman–Crippen LogP) is 2.04. The van der Waals surface area contributed by atoms with Gasteiger partial charge in [-0.3, -0.25) is 0 Å². The lowest BCUT2D eigenvalue weighted by Crippen LogP contribution is -2.03. The van der Waals surface area contributed by atoms with Crippen LogP contribution in [0.3, 0.4) is 0 Å². The van der Waals surface area contributed by atoms with Gasteiger partial charge in [-0.05, 0) is 0 Å². The van der Waals surface area contributed by atoms with Crippen molar-refractivity contribution in [1.29, 1.82) is 5.26 Å². The molecule has 1 rings (SSSR count). The lowest BCUT2D eigenvalue weighted by molar-refractivity contribution is 0.498. The first kappa shape index (κ1) is 9.39. The van der Waals surface area contributed by atoms with E-state index in [9.17, 15) is 13.2 Å². The molecule has 1 N–H and O–H groups in total. The summed E-state index contributed by atoms with van der Waals surface area (Å²) in [6.45, 7) is -0.209. The van der Waals surface area contributed by atoms with Crippen molar-refractivity contribution in [2.24, 2.45) is 0 Å². The van der Waals surface area contributed by atoms with E-state index in [2.05, 4.69) is 5.32 Å². The Kier molecular flexibility index (Phi) is 2.75. The van der Waals surface area contributed by atoms with Gasteiger partial charge in [0, 0.05) is 12.1 Å². The standard InChI is InChI=1S/C8H5F3N2/c9-5-3-6(10)8(11)7(4-5)13-2-1-12/h3-4,13H,2H2. The van der Waals surface area contributed by atoms with Crippen LogP contribution in [0.5, 0.6) is 0 Å². The summed E-state index contributed by atoms with van der Waals surface area (Å²) in [5.74, 6) is -3.35. The lowest BCUT2D eigenvalue weighted by Gasteiger charge is -2.03. The third kappa shape index (κ3) is 2.12. The number of hydrogen-bond acceptors (Lipinski definition) is 2. The lowest BCUT2D eigenvalue weighted by atomic mass is 10.3. The van der Waals surface area contributed by atoms with Crippen LogP contribution in [-0.4, -0.2) is 6.54 Å². The summed E-state index contributed by atoms with van der Waals surface area (Å²) in [6.07, 6.45) is 0. The molecule has 0 saturated heterocycles. The quantitative estimate of drug-likeness (QED) is 0.566. The molecule has 0 saturated carbocycles. The van der Waals surface area contributed by atoms with E-state index in [4.69, 9.17) is 5.26 Å². The minimum absolute atomic E-state index is 0.209. The van der Waals surface area contributed by atoms with Gasteiger partial charge in [-0.15, -0.1) is 0 Å². The number of halogens is 3. The summed E-state index contributed by atoms with van der Waals surface area (Å²) < 4.78 is 37.8. The molecular weight excluding hydrogens is 181 g/mol. The Morgan fingerprint density at radius 3 is 2.62 bits per heavy atom. The number of rotatable bonds is 2. The van der Waals surface area contributed by atoms with Gasteiger partial charge in [0.25, 0.3) is 0 Å². The van der Waals surface area contributed by atoms with Crippen LogP contribution in [-0.2, 0) is 0 Å². The number of nitrogens with zero attached hydrogens (tertiary/aromatic N) is 1. The summed E-state index contributed by atoms with van der Waals surface area (Å²) in [5.41, 5.74) is -0.348. The molecule has 0 aliphatic rings. The fraction of sp³-hybridized carbons (Fsp3) is 0.125. The first-order valence-electron chi connectivity index (χ1n) is 3.40. The third-order valence-electron chi connectivity index (χ3n) is 1.35. The number of anilines is 1. The largest absolute Gasteiger partial charge is 0.370 e. The maximum Gasteiger partial charge on any atom is 0.182 e. The Balaban J connectivity index is 3.00. The van der Waals surface area contributed by atoms with Gasteiger partial charge in [0.05, 0.1) is 11.8 Å². The molecule has 0 radical (unpaired) electrons. The molecule has 2 nitrogen and oxygen atoms in total. The van der Waals surface area contributed by atoms with Crippen LogP contribution < -0.4 is 5.32 Å². The highest BCUT2D eigenvalue weighted by molar-refractivity contribution is 5.46. The molecule has 13 heavy (non-hydrogen) atoms. The fourth-order valence-electron chi connectivity index (χ4n) is 0.819. The highest BCUT2D eigenvalue weighted by atomic mass is 19.2. The molecule has 0 aliphatic carbocycles. The molecule has 1 aromatic rings. The van der Waals surface area contributed by atoms with E-state index in [1.54, 1.807) is 6.07 Å². The second-order valence-corrected chi connectivity index (χ2v) is 2.26. The number of benzene rings is 1. The van der Waals surface area contributed by atoms with Gasteiger partial charge >= 0.3 is 0 Å². The second-order valence-electron chi connectivity index (χ2n) is 2.26. The first-order valence-corrected chi connectivity index (χ1v) is 3.40. The van der Waals surface area contributed by atoms with E-state index in [0.29, 0.717) is 6.07 Å². The van der Waals surface area contributed by atoms with Gasteiger partial charge in [0.15, 0.2) is 11.6 Å². The van der Waals surface area contributed by atoms with Crippen LogP contribution >= 0.6 is 0 Å². The average Bonchev–Trinajstić information content (AvgIpc) is 2.09. The van der Waals surface area contributed by atoms with Crippen LogP contribution in [0.4, 0.5) is 18.9 Å². The van der Waals surface area contributed by atoms with Crippen molar-refractivity contribution in [3.8, 4) is 6.07 Å². The molecule has 5 heteroatoms. The number of hydrogen-bond donors (Lipinski definition) is 1. The Hall–Kier alpha value is -1.70. The number of nitrogens with one attached hydrogen (secondary N) is 1. The van der Waals surface area contributed by atoms with E-state index in [-0.39, 0.29) is 12.2 Å². The molecule has 0 aliphatic heterocycles. The second kappa shape index (κ2) is 3.81. The Labute approximate surface area is 72.6 Å². The summed E-state index contributed by atoms with van der Waals surface area (Å²) in [5, 5.41) is 10.4. The van der Waals surface area contributed by atoms with Crippen LogP contribution in [0.25, 0.3) is 0 Å². The Morgan fingerprint density at radius 1 is 1.31 bits per heavy atom.